The lowest BCUT2D eigenvalue weighted by molar-refractivity contribution is 0.454. The Hall–Kier alpha value is -5.06. The van der Waals surface area contributed by atoms with Crippen LogP contribution in [0, 0.1) is 0 Å². The summed E-state index contributed by atoms with van der Waals surface area (Å²) in [5.74, 6) is 0.566. The molecule has 0 unspecified atom stereocenters. The van der Waals surface area contributed by atoms with Gasteiger partial charge in [-0.25, -0.2) is 0 Å². The van der Waals surface area contributed by atoms with E-state index in [1.54, 1.807) is 0 Å². The summed E-state index contributed by atoms with van der Waals surface area (Å²) < 4.78 is 5.16. The van der Waals surface area contributed by atoms with Crippen molar-refractivity contribution < 1.29 is 9.68 Å². The van der Waals surface area contributed by atoms with Gasteiger partial charge in [0, 0.05) is 17.1 Å². The molecule has 1 radical (unpaired) electrons. The zero-order valence-corrected chi connectivity index (χ0v) is 21.9. The molecule has 0 saturated carbocycles. The smallest absolute Gasteiger partial charge is 0.537 e. The van der Waals surface area contributed by atoms with Crippen LogP contribution in [-0.4, -0.2) is 12.7 Å². The van der Waals surface area contributed by atoms with Crippen molar-refractivity contribution in [2.24, 2.45) is 0 Å². The van der Waals surface area contributed by atoms with Gasteiger partial charge in [0.05, 0.1) is 0 Å². The molecule has 6 aromatic rings. The first-order chi connectivity index (χ1) is 19.8. The van der Waals surface area contributed by atoms with E-state index in [-0.39, 0.29) is 0 Å². The van der Waals surface area contributed by atoms with Gasteiger partial charge in [-0.15, -0.1) is 0 Å². The van der Waals surface area contributed by atoms with Crippen LogP contribution in [0.5, 0.6) is 5.75 Å². The van der Waals surface area contributed by atoms with Crippen molar-refractivity contribution in [3.63, 3.8) is 0 Å². The quantitative estimate of drug-likeness (QED) is 0.205. The van der Waals surface area contributed by atoms with E-state index in [0.717, 1.165) is 33.8 Å². The van der Waals surface area contributed by atoms with Gasteiger partial charge >= 0.3 is 7.69 Å². The maximum Gasteiger partial charge on any atom is 0.569 e. The molecule has 0 atom stereocenters. The Bertz CT molecular complexity index is 1690. The second-order valence-corrected chi connectivity index (χ2v) is 9.46. The van der Waals surface area contributed by atoms with Crippen LogP contribution in [0.4, 0.5) is 17.1 Å². The van der Waals surface area contributed by atoms with Gasteiger partial charge in [0.1, 0.15) is 5.75 Å². The highest BCUT2D eigenvalue weighted by molar-refractivity contribution is 6.17. The summed E-state index contributed by atoms with van der Waals surface area (Å²) in [6, 6.07) is 54.4. The van der Waals surface area contributed by atoms with Gasteiger partial charge in [-0.1, -0.05) is 109 Å². The molecule has 6 aromatic carbocycles. The van der Waals surface area contributed by atoms with E-state index in [1.165, 1.54) is 16.7 Å². The first-order valence-electron chi connectivity index (χ1n) is 13.2. The van der Waals surface area contributed by atoms with E-state index in [0.29, 0.717) is 13.4 Å². The molecule has 0 saturated heterocycles. The molecule has 3 nitrogen and oxygen atoms in total. The third-order valence-electron chi connectivity index (χ3n) is 6.92. The molecule has 0 amide bonds. The molecule has 0 aromatic heterocycles. The molecule has 40 heavy (non-hydrogen) atoms. The second-order valence-electron chi connectivity index (χ2n) is 9.46. The first-order valence-corrected chi connectivity index (χ1v) is 13.2. The molecule has 191 valence electrons. The summed E-state index contributed by atoms with van der Waals surface area (Å²) in [4.78, 5) is 2.24. The first kappa shape index (κ1) is 25.2. The third-order valence-corrected chi connectivity index (χ3v) is 6.92. The number of anilines is 3. The topological polar surface area (TPSA) is 32.7 Å². The summed E-state index contributed by atoms with van der Waals surface area (Å²) in [6.07, 6.45) is 0. The molecule has 1 N–H and O–H groups in total. The summed E-state index contributed by atoms with van der Waals surface area (Å²) in [5.41, 5.74) is 10.1. The number of nitrogens with zero attached hydrogens (tertiary/aromatic N) is 1. The Morgan fingerprint density at radius 3 is 1.32 bits per heavy atom. The van der Waals surface area contributed by atoms with E-state index < -0.39 is 0 Å². The fourth-order valence-corrected chi connectivity index (χ4v) is 4.95. The van der Waals surface area contributed by atoms with Crippen LogP contribution < -0.4 is 9.55 Å². The SMILES string of the molecule is O[B]Oc1ccc(N(c2cccc(-c3ccccc3)c2)c2cccc(-c3ccc(-c4ccccc4)cc3)c2)cc1. The molecule has 0 aliphatic carbocycles. The van der Waals surface area contributed by atoms with Crippen molar-refractivity contribution in [1.82, 2.24) is 0 Å². The Morgan fingerprint density at radius 2 is 0.825 bits per heavy atom. The number of benzene rings is 6. The van der Waals surface area contributed by atoms with Crippen LogP contribution in [-0.2, 0) is 0 Å². The van der Waals surface area contributed by atoms with Crippen molar-refractivity contribution in [1.29, 1.82) is 0 Å². The van der Waals surface area contributed by atoms with Crippen molar-refractivity contribution >= 4 is 24.7 Å². The molecular formula is C36H27BNO2. The van der Waals surface area contributed by atoms with Crippen LogP contribution in [0.25, 0.3) is 33.4 Å². The highest BCUT2D eigenvalue weighted by atomic mass is 16.5. The Morgan fingerprint density at radius 1 is 0.400 bits per heavy atom. The predicted molar refractivity (Wildman–Crippen MR) is 166 cm³/mol. The van der Waals surface area contributed by atoms with E-state index in [9.17, 15) is 0 Å². The molecule has 0 bridgehead atoms. The summed E-state index contributed by atoms with van der Waals surface area (Å²) >= 11 is 0. The number of rotatable bonds is 8. The fourth-order valence-electron chi connectivity index (χ4n) is 4.95. The van der Waals surface area contributed by atoms with Gasteiger partial charge in [-0.3, -0.25) is 0 Å². The van der Waals surface area contributed by atoms with Gasteiger partial charge in [0.2, 0.25) is 0 Å². The predicted octanol–water partition coefficient (Wildman–Crippen LogP) is 9.06. The maximum absolute atomic E-state index is 9.06. The minimum Gasteiger partial charge on any atom is -0.537 e. The Balaban J connectivity index is 1.40. The van der Waals surface area contributed by atoms with Crippen LogP contribution in [0.15, 0.2) is 158 Å². The average Bonchev–Trinajstić information content (AvgIpc) is 3.03. The molecule has 0 aliphatic heterocycles. The Labute approximate surface area is 235 Å². The minimum absolute atomic E-state index is 0.566. The zero-order valence-electron chi connectivity index (χ0n) is 21.9. The molecule has 0 spiro atoms. The van der Waals surface area contributed by atoms with Crippen LogP contribution in [0.2, 0.25) is 0 Å². The van der Waals surface area contributed by atoms with Gasteiger partial charge in [0.15, 0.2) is 0 Å². The van der Waals surface area contributed by atoms with Gasteiger partial charge in [-0.2, -0.15) is 0 Å². The van der Waals surface area contributed by atoms with Gasteiger partial charge in [-0.05, 0) is 81.9 Å². The molecule has 0 fully saturated rings. The molecule has 0 heterocycles. The van der Waals surface area contributed by atoms with Gasteiger partial charge < -0.3 is 14.6 Å². The summed E-state index contributed by atoms with van der Waals surface area (Å²) in [6.45, 7) is 0. The molecule has 4 heteroatoms. The Kier molecular flexibility index (Phi) is 7.43. The lowest BCUT2D eigenvalue weighted by Crippen LogP contribution is -2.10. The monoisotopic (exact) mass is 516 g/mol. The summed E-state index contributed by atoms with van der Waals surface area (Å²) in [5, 5.41) is 9.06. The van der Waals surface area contributed by atoms with E-state index >= 15 is 0 Å². The van der Waals surface area contributed by atoms with E-state index in [1.807, 2.05) is 36.4 Å². The summed E-state index contributed by atoms with van der Waals surface area (Å²) in [7, 11) is 0.697. The van der Waals surface area contributed by atoms with Crippen molar-refractivity contribution in [2.45, 2.75) is 0 Å². The standard InChI is InChI=1S/C36H27BNO2/c39-37-40-36-23-21-33(22-24-36)38(34-15-7-13-31(25-34)28-11-5-2-6-12-28)35-16-8-14-32(26-35)30-19-17-29(18-20-30)27-9-3-1-4-10-27/h1-26,39H. The lowest BCUT2D eigenvalue weighted by Gasteiger charge is -2.26. The van der Waals surface area contributed by atoms with E-state index in [2.05, 4.69) is 126 Å². The number of hydrogen-bond acceptors (Lipinski definition) is 3. The zero-order chi connectivity index (χ0) is 27.1. The highest BCUT2D eigenvalue weighted by Gasteiger charge is 2.15. The molecule has 0 aliphatic rings. The third kappa shape index (κ3) is 5.53. The molecule has 6 rings (SSSR count). The second kappa shape index (κ2) is 11.8. The fraction of sp³-hybridized carbons (Fsp3) is 0. The van der Waals surface area contributed by atoms with Crippen molar-refractivity contribution in [2.75, 3.05) is 4.90 Å². The normalized spacial score (nSPS) is 10.6. The number of hydrogen-bond donors (Lipinski definition) is 1. The average molecular weight is 516 g/mol. The maximum atomic E-state index is 9.06. The van der Waals surface area contributed by atoms with Gasteiger partial charge in [0.25, 0.3) is 0 Å². The van der Waals surface area contributed by atoms with Crippen LogP contribution >= 0.6 is 0 Å². The highest BCUT2D eigenvalue weighted by Crippen LogP contribution is 2.39. The molecular weight excluding hydrogens is 489 g/mol. The van der Waals surface area contributed by atoms with Crippen molar-refractivity contribution in [3.05, 3.63) is 158 Å². The largest absolute Gasteiger partial charge is 0.569 e. The van der Waals surface area contributed by atoms with Crippen LogP contribution in [0.3, 0.4) is 0 Å². The van der Waals surface area contributed by atoms with E-state index in [4.69, 9.17) is 9.68 Å². The van der Waals surface area contributed by atoms with Crippen molar-refractivity contribution in [3.8, 4) is 39.1 Å². The van der Waals surface area contributed by atoms with Crippen LogP contribution in [0.1, 0.15) is 0 Å². The lowest BCUT2D eigenvalue weighted by atomic mass is 9.99. The minimum atomic E-state index is 0.566.